The summed E-state index contributed by atoms with van der Waals surface area (Å²) >= 11 is 0. The Bertz CT molecular complexity index is 156. The largest absolute Gasteiger partial charge is 0.382 e. The zero-order valence-electron chi connectivity index (χ0n) is 11.9. The van der Waals surface area contributed by atoms with Crippen LogP contribution in [0.25, 0.3) is 0 Å². The molecular formula is C13H30N2O2. The Kier molecular flexibility index (Phi) is 12.2. The number of hydrogen-bond acceptors (Lipinski definition) is 4. The molecule has 0 heterocycles. The van der Waals surface area contributed by atoms with Gasteiger partial charge < -0.3 is 20.1 Å². The van der Waals surface area contributed by atoms with E-state index >= 15 is 0 Å². The number of methoxy groups -OCH3 is 2. The molecule has 2 N–H and O–H groups in total. The summed E-state index contributed by atoms with van der Waals surface area (Å²) in [7, 11) is 3.42. The van der Waals surface area contributed by atoms with E-state index in [-0.39, 0.29) is 6.10 Å². The Morgan fingerprint density at radius 3 is 2.47 bits per heavy atom. The third kappa shape index (κ3) is 10.7. The van der Waals surface area contributed by atoms with Crippen LogP contribution in [0.4, 0.5) is 0 Å². The van der Waals surface area contributed by atoms with E-state index in [2.05, 4.69) is 24.5 Å². The maximum Gasteiger partial charge on any atom is 0.0928 e. The molecule has 0 radical (unpaired) electrons. The second-order valence-corrected chi connectivity index (χ2v) is 4.53. The van der Waals surface area contributed by atoms with Crippen LogP contribution in [0.15, 0.2) is 0 Å². The van der Waals surface area contributed by atoms with Crippen LogP contribution in [-0.2, 0) is 9.47 Å². The summed E-state index contributed by atoms with van der Waals surface area (Å²) in [5.74, 6) is 0. The Morgan fingerprint density at radius 2 is 1.88 bits per heavy atom. The van der Waals surface area contributed by atoms with Crippen LogP contribution in [0.5, 0.6) is 0 Å². The molecule has 0 spiro atoms. The topological polar surface area (TPSA) is 42.5 Å². The van der Waals surface area contributed by atoms with Crippen LogP contribution in [0.3, 0.4) is 0 Å². The third-order valence-electron chi connectivity index (χ3n) is 2.79. The first-order valence-electron chi connectivity index (χ1n) is 6.70. The summed E-state index contributed by atoms with van der Waals surface area (Å²) in [5.41, 5.74) is 0. The van der Waals surface area contributed by atoms with Crippen molar-refractivity contribution in [3.63, 3.8) is 0 Å². The molecule has 0 bridgehead atoms. The lowest BCUT2D eigenvalue weighted by Gasteiger charge is -2.19. The number of hydrogen-bond donors (Lipinski definition) is 2. The van der Waals surface area contributed by atoms with Gasteiger partial charge in [0.25, 0.3) is 0 Å². The summed E-state index contributed by atoms with van der Waals surface area (Å²) in [6, 6.07) is 0.464. The van der Waals surface area contributed by atoms with E-state index in [1.807, 2.05) is 0 Å². The van der Waals surface area contributed by atoms with E-state index < -0.39 is 0 Å². The minimum absolute atomic E-state index is 0.141. The summed E-state index contributed by atoms with van der Waals surface area (Å²) in [4.78, 5) is 0. The Hall–Kier alpha value is -0.160. The maximum atomic E-state index is 5.29. The molecule has 0 fully saturated rings. The maximum absolute atomic E-state index is 5.29. The van der Waals surface area contributed by atoms with Gasteiger partial charge in [-0.15, -0.1) is 0 Å². The molecule has 0 aliphatic heterocycles. The van der Waals surface area contributed by atoms with Crippen LogP contribution in [0.2, 0.25) is 0 Å². The zero-order valence-corrected chi connectivity index (χ0v) is 11.9. The van der Waals surface area contributed by atoms with Gasteiger partial charge in [-0.25, -0.2) is 0 Å². The molecule has 2 atom stereocenters. The van der Waals surface area contributed by atoms with Crippen molar-refractivity contribution in [2.75, 3.05) is 40.5 Å². The average Bonchev–Trinajstić information content (AvgIpc) is 2.34. The fourth-order valence-corrected chi connectivity index (χ4v) is 1.62. The molecule has 4 heteroatoms. The highest BCUT2D eigenvalue weighted by molar-refractivity contribution is 4.68. The predicted octanol–water partition coefficient (Wildman–Crippen LogP) is 1.41. The second-order valence-electron chi connectivity index (χ2n) is 4.53. The SMILES string of the molecule is CCCCCNCC(C)NCC(COC)OC. The smallest absolute Gasteiger partial charge is 0.0928 e. The van der Waals surface area contributed by atoms with Gasteiger partial charge in [0.1, 0.15) is 0 Å². The van der Waals surface area contributed by atoms with Crippen molar-refractivity contribution in [2.24, 2.45) is 0 Å². The van der Waals surface area contributed by atoms with Gasteiger partial charge in [0.15, 0.2) is 0 Å². The van der Waals surface area contributed by atoms with Gasteiger partial charge in [0, 0.05) is 33.4 Å². The van der Waals surface area contributed by atoms with Gasteiger partial charge in [0.05, 0.1) is 12.7 Å². The molecule has 104 valence electrons. The Morgan fingerprint density at radius 1 is 1.12 bits per heavy atom. The van der Waals surface area contributed by atoms with Crippen molar-refractivity contribution < 1.29 is 9.47 Å². The molecule has 0 saturated heterocycles. The molecule has 0 rings (SSSR count). The number of rotatable bonds is 12. The van der Waals surface area contributed by atoms with E-state index in [0.717, 1.165) is 19.6 Å². The molecule has 0 aliphatic rings. The summed E-state index contributed by atoms with van der Waals surface area (Å²) in [5, 5.41) is 6.90. The van der Waals surface area contributed by atoms with Crippen molar-refractivity contribution in [1.82, 2.24) is 10.6 Å². The van der Waals surface area contributed by atoms with Gasteiger partial charge >= 0.3 is 0 Å². The van der Waals surface area contributed by atoms with Crippen LogP contribution in [0, 0.1) is 0 Å². The van der Waals surface area contributed by atoms with Gasteiger partial charge in [-0.1, -0.05) is 19.8 Å². The standard InChI is InChI=1S/C13H30N2O2/c1-5-6-7-8-14-9-12(2)15-10-13(17-4)11-16-3/h12-15H,5-11H2,1-4H3. The molecule has 0 aromatic heterocycles. The predicted molar refractivity (Wildman–Crippen MR) is 72.5 cm³/mol. The van der Waals surface area contributed by atoms with Crippen molar-refractivity contribution in [2.45, 2.75) is 45.3 Å². The molecule has 0 amide bonds. The number of unbranched alkanes of at least 4 members (excludes halogenated alkanes) is 2. The molecule has 17 heavy (non-hydrogen) atoms. The monoisotopic (exact) mass is 246 g/mol. The lowest BCUT2D eigenvalue weighted by molar-refractivity contribution is 0.0277. The molecule has 2 unspecified atom stereocenters. The van der Waals surface area contributed by atoms with Gasteiger partial charge in [0.2, 0.25) is 0 Å². The van der Waals surface area contributed by atoms with Gasteiger partial charge in [-0.05, 0) is 19.9 Å². The molecule has 0 saturated carbocycles. The minimum Gasteiger partial charge on any atom is -0.382 e. The van der Waals surface area contributed by atoms with Crippen molar-refractivity contribution in [3.05, 3.63) is 0 Å². The lowest BCUT2D eigenvalue weighted by atomic mass is 10.2. The summed E-state index contributed by atoms with van der Waals surface area (Å²) in [6.45, 7) is 8.01. The molecular weight excluding hydrogens is 216 g/mol. The van der Waals surface area contributed by atoms with Crippen molar-refractivity contribution >= 4 is 0 Å². The first-order valence-corrected chi connectivity index (χ1v) is 6.70. The average molecular weight is 246 g/mol. The highest BCUT2D eigenvalue weighted by atomic mass is 16.5. The molecule has 4 nitrogen and oxygen atoms in total. The number of ether oxygens (including phenoxy) is 2. The number of nitrogens with one attached hydrogen (secondary N) is 2. The van der Waals surface area contributed by atoms with Gasteiger partial charge in [-0.3, -0.25) is 0 Å². The molecule has 0 aromatic carbocycles. The van der Waals surface area contributed by atoms with E-state index in [1.165, 1.54) is 19.3 Å². The molecule has 0 aliphatic carbocycles. The van der Waals surface area contributed by atoms with Crippen LogP contribution < -0.4 is 10.6 Å². The van der Waals surface area contributed by atoms with Crippen molar-refractivity contribution in [3.8, 4) is 0 Å². The Labute approximate surface area is 106 Å². The fourth-order valence-electron chi connectivity index (χ4n) is 1.62. The quantitative estimate of drug-likeness (QED) is 0.511. The normalized spacial score (nSPS) is 14.8. The van der Waals surface area contributed by atoms with Crippen LogP contribution in [-0.4, -0.2) is 52.6 Å². The first-order chi connectivity index (χ1) is 8.24. The van der Waals surface area contributed by atoms with Crippen LogP contribution >= 0.6 is 0 Å². The highest BCUT2D eigenvalue weighted by Gasteiger charge is 2.08. The minimum atomic E-state index is 0.141. The fraction of sp³-hybridized carbons (Fsp3) is 1.00. The Balaban J connectivity index is 3.40. The van der Waals surface area contributed by atoms with E-state index in [0.29, 0.717) is 12.6 Å². The first kappa shape index (κ1) is 16.8. The molecule has 0 aromatic rings. The zero-order chi connectivity index (χ0) is 12.9. The third-order valence-corrected chi connectivity index (χ3v) is 2.79. The van der Waals surface area contributed by atoms with Crippen molar-refractivity contribution in [1.29, 1.82) is 0 Å². The second kappa shape index (κ2) is 12.3. The lowest BCUT2D eigenvalue weighted by Crippen LogP contribution is -2.42. The van der Waals surface area contributed by atoms with E-state index in [9.17, 15) is 0 Å². The van der Waals surface area contributed by atoms with Gasteiger partial charge in [-0.2, -0.15) is 0 Å². The van der Waals surface area contributed by atoms with E-state index in [4.69, 9.17) is 9.47 Å². The summed E-state index contributed by atoms with van der Waals surface area (Å²) < 4.78 is 10.4. The van der Waals surface area contributed by atoms with E-state index in [1.54, 1.807) is 14.2 Å². The highest BCUT2D eigenvalue weighted by Crippen LogP contribution is 1.92. The summed E-state index contributed by atoms with van der Waals surface area (Å²) in [6.07, 6.45) is 4.01. The van der Waals surface area contributed by atoms with Crippen LogP contribution in [0.1, 0.15) is 33.1 Å².